The van der Waals surface area contributed by atoms with Crippen LogP contribution in [0.2, 0.25) is 0 Å². The summed E-state index contributed by atoms with van der Waals surface area (Å²) in [5, 5.41) is 11.9. The Bertz CT molecular complexity index is 2020. The van der Waals surface area contributed by atoms with Crippen molar-refractivity contribution in [1.29, 1.82) is 5.26 Å². The highest BCUT2D eigenvalue weighted by molar-refractivity contribution is 8.00. The second-order valence-corrected chi connectivity index (χ2v) is 14.3. The Hall–Kier alpha value is -4.59. The smallest absolute Gasteiger partial charge is 0.447 e. The third kappa shape index (κ3) is 10.0. The number of phosphoric ester groups is 1. The molecule has 52 heavy (non-hydrogen) atoms. The number of nitrogens with zero attached hydrogens (tertiary/aromatic N) is 4. The Balaban J connectivity index is 1.37. The van der Waals surface area contributed by atoms with Gasteiger partial charge in [0.25, 0.3) is 0 Å². The highest BCUT2D eigenvalue weighted by Crippen LogP contribution is 2.43. The summed E-state index contributed by atoms with van der Waals surface area (Å²) in [7, 11) is -4.90. The summed E-state index contributed by atoms with van der Waals surface area (Å²) in [5.74, 6) is -3.36. The first-order valence-corrected chi connectivity index (χ1v) is 18.1. The third-order valence-corrected chi connectivity index (χ3v) is 9.79. The first-order chi connectivity index (χ1) is 24.9. The fraction of sp³-hybridized carbons (Fsp3) is 0.257. The van der Waals surface area contributed by atoms with Crippen molar-refractivity contribution in [3.8, 4) is 6.07 Å². The molecule has 1 aliphatic heterocycles. The number of hydrogen-bond acceptors (Lipinski definition) is 10. The lowest BCUT2D eigenvalue weighted by molar-refractivity contribution is -0.146. The Morgan fingerprint density at radius 1 is 1.13 bits per heavy atom. The molecule has 1 saturated heterocycles. The predicted molar refractivity (Wildman–Crippen MR) is 183 cm³/mol. The van der Waals surface area contributed by atoms with Gasteiger partial charge in [-0.15, -0.1) is 11.8 Å². The number of thioether (sulfide) groups is 1. The van der Waals surface area contributed by atoms with Gasteiger partial charge in [0.05, 0.1) is 48.8 Å². The number of hydrogen-bond donors (Lipinski definition) is 2. The largest absolute Gasteiger partial charge is 0.469 e. The van der Waals surface area contributed by atoms with Gasteiger partial charge in [-0.2, -0.15) is 10.4 Å². The molecule has 1 aromatic heterocycles. The summed E-state index contributed by atoms with van der Waals surface area (Å²) in [5.41, 5.74) is -1.53. The van der Waals surface area contributed by atoms with Gasteiger partial charge in [-0.1, -0.05) is 42.5 Å². The average Bonchev–Trinajstić information content (AvgIpc) is 3.63. The molecule has 12 nitrogen and oxygen atoms in total. The number of esters is 1. The molecule has 0 aliphatic carbocycles. The lowest BCUT2D eigenvalue weighted by Gasteiger charge is -2.40. The van der Waals surface area contributed by atoms with Gasteiger partial charge in [0.15, 0.2) is 11.9 Å². The maximum Gasteiger partial charge on any atom is 0.469 e. The maximum absolute atomic E-state index is 15.8. The summed E-state index contributed by atoms with van der Waals surface area (Å²) in [6.07, 6.45) is 8.23. The molecular weight excluding hydrogens is 724 g/mol. The molecule has 0 bridgehead atoms. The van der Waals surface area contributed by atoms with E-state index in [4.69, 9.17) is 19.5 Å². The minimum atomic E-state index is -4.90. The lowest BCUT2D eigenvalue weighted by Crippen LogP contribution is -2.47. The number of ether oxygens (including phenoxy) is 3. The van der Waals surface area contributed by atoms with Crippen LogP contribution in [0.25, 0.3) is 6.08 Å². The van der Waals surface area contributed by atoms with Crippen LogP contribution in [0.3, 0.4) is 0 Å². The summed E-state index contributed by atoms with van der Waals surface area (Å²) in [4.78, 5) is 36.4. The molecule has 2 N–H and O–H groups in total. The molecule has 272 valence electrons. The molecule has 0 amide bonds. The van der Waals surface area contributed by atoms with Gasteiger partial charge >= 0.3 is 13.8 Å². The second-order valence-electron chi connectivity index (χ2n) is 11.4. The van der Waals surface area contributed by atoms with Crippen LogP contribution < -0.4 is 0 Å². The number of nitriles is 1. The van der Waals surface area contributed by atoms with Crippen LogP contribution in [0.15, 0.2) is 91.5 Å². The van der Waals surface area contributed by atoms with Gasteiger partial charge in [-0.05, 0) is 48.9 Å². The van der Waals surface area contributed by atoms with Gasteiger partial charge in [0, 0.05) is 22.4 Å². The van der Waals surface area contributed by atoms with E-state index in [-0.39, 0.29) is 47.3 Å². The van der Waals surface area contributed by atoms with Crippen LogP contribution >= 0.6 is 19.6 Å². The molecule has 1 aliphatic rings. The molecule has 2 atom stereocenters. The monoisotopic (exact) mass is 756 g/mol. The lowest BCUT2D eigenvalue weighted by atomic mass is 9.89. The van der Waals surface area contributed by atoms with E-state index in [1.807, 2.05) is 6.07 Å². The van der Waals surface area contributed by atoms with E-state index in [1.165, 1.54) is 77.6 Å². The highest BCUT2D eigenvalue weighted by atomic mass is 32.2. The van der Waals surface area contributed by atoms with Crippen LogP contribution in [0, 0.1) is 28.8 Å². The van der Waals surface area contributed by atoms with Crippen LogP contribution in [0.1, 0.15) is 39.5 Å². The quantitative estimate of drug-likeness (QED) is 0.0869. The molecule has 3 aromatic carbocycles. The van der Waals surface area contributed by atoms with Crippen molar-refractivity contribution in [3.05, 3.63) is 137 Å². The zero-order valence-electron chi connectivity index (χ0n) is 27.4. The van der Waals surface area contributed by atoms with Gasteiger partial charge in [0.1, 0.15) is 30.1 Å². The number of carbonyl (C=O) groups is 1. The van der Waals surface area contributed by atoms with Crippen molar-refractivity contribution < 1.29 is 51.1 Å². The molecule has 0 spiro atoms. The van der Waals surface area contributed by atoms with E-state index in [2.05, 4.69) is 14.6 Å². The molecule has 4 aromatic rings. The molecule has 17 heteroatoms. The van der Waals surface area contributed by atoms with Crippen LogP contribution in [0.5, 0.6) is 0 Å². The molecule has 5 rings (SSSR count). The molecule has 0 unspecified atom stereocenters. The Kier molecular flexibility index (Phi) is 12.8. The van der Waals surface area contributed by atoms with Crippen molar-refractivity contribution in [2.75, 3.05) is 13.2 Å². The third-order valence-electron chi connectivity index (χ3n) is 7.88. The Labute approximate surface area is 300 Å². The van der Waals surface area contributed by atoms with Gasteiger partial charge in [-0.3, -0.25) is 4.52 Å². The molecule has 1 fully saturated rings. The first kappa shape index (κ1) is 38.6. The van der Waals surface area contributed by atoms with E-state index in [9.17, 15) is 27.9 Å². The number of halogens is 3. The summed E-state index contributed by atoms with van der Waals surface area (Å²) in [6.45, 7) is 1.14. The maximum atomic E-state index is 15.8. The van der Waals surface area contributed by atoms with Crippen LogP contribution in [0.4, 0.5) is 13.2 Å². The average molecular weight is 757 g/mol. The second kappa shape index (κ2) is 17.3. The van der Waals surface area contributed by atoms with Crippen molar-refractivity contribution in [2.24, 2.45) is 0 Å². The number of benzene rings is 3. The zero-order valence-corrected chi connectivity index (χ0v) is 29.1. The first-order valence-electron chi connectivity index (χ1n) is 15.6. The van der Waals surface area contributed by atoms with E-state index in [0.29, 0.717) is 11.6 Å². The number of rotatable bonds is 14. The summed E-state index contributed by atoms with van der Waals surface area (Å²) < 4.78 is 79.5. The molecule has 2 heterocycles. The summed E-state index contributed by atoms with van der Waals surface area (Å²) in [6, 6.07) is 14.7. The van der Waals surface area contributed by atoms with E-state index >= 15 is 4.39 Å². The van der Waals surface area contributed by atoms with Crippen molar-refractivity contribution in [2.45, 2.75) is 42.5 Å². The number of allylic oxidation sites excluding steroid dienone is 2. The van der Waals surface area contributed by atoms with Gasteiger partial charge in [-0.25, -0.2) is 32.2 Å². The minimum Gasteiger partial charge on any atom is -0.447 e. The minimum absolute atomic E-state index is 0.0930. The van der Waals surface area contributed by atoms with Crippen molar-refractivity contribution in [1.82, 2.24) is 14.8 Å². The number of aromatic nitrogens is 3. The molecule has 0 radical (unpaired) electrons. The highest BCUT2D eigenvalue weighted by Gasteiger charge is 2.47. The number of phosphoric acid groups is 1. The number of carbonyl (C=O) groups excluding carboxylic acids is 1. The summed E-state index contributed by atoms with van der Waals surface area (Å²) >= 11 is 1.26. The van der Waals surface area contributed by atoms with Gasteiger partial charge in [0.2, 0.25) is 0 Å². The van der Waals surface area contributed by atoms with E-state index in [0.717, 1.165) is 12.1 Å². The SMILES string of the molecule is C[C@@H](S[C@H]1CO[C@H](/C=C/C=C/c2ccc(C#N)cc2F)OC1)[C@@](Cn1cncn1)(OC(=O)c1ccccc1COP(=O)(O)O)c1ccc(F)cc1F. The van der Waals surface area contributed by atoms with E-state index in [1.54, 1.807) is 25.2 Å². The Morgan fingerprint density at radius 3 is 2.58 bits per heavy atom. The fourth-order valence-electron chi connectivity index (χ4n) is 5.34. The normalized spacial score (nSPS) is 18.2. The van der Waals surface area contributed by atoms with Crippen LogP contribution in [-0.2, 0) is 42.1 Å². The van der Waals surface area contributed by atoms with Crippen LogP contribution in [-0.4, -0.2) is 60.5 Å². The molecular formula is C35H32F3N4O8PS. The zero-order chi connectivity index (χ0) is 37.3. The van der Waals surface area contributed by atoms with Crippen molar-refractivity contribution >= 4 is 31.6 Å². The molecule has 0 saturated carbocycles. The standard InChI is InChI=1S/C35H32F3N4O8PS/c1-23(52-28-18-47-33(48-19-28)9-5-3-6-25-11-10-24(16-39)14-31(25)37)35(20-42-22-40-21-41-42,30-13-12-27(36)15-32(30)38)50-34(43)29-8-4-2-7-26(29)17-49-51(44,45)46/h2-15,21-23,28,33H,17-20H2,1H3,(H2,44,45,46)/b6-3+,9-5+/t23-,28-,33-,35-/m1/s1. The van der Waals surface area contributed by atoms with E-state index < -0.39 is 55.0 Å². The topological polar surface area (TPSA) is 166 Å². The van der Waals surface area contributed by atoms with Gasteiger partial charge < -0.3 is 24.0 Å². The Morgan fingerprint density at radius 2 is 1.90 bits per heavy atom. The predicted octanol–water partition coefficient (Wildman–Crippen LogP) is 6.06. The fourth-order valence-corrected chi connectivity index (χ4v) is 7.01. The van der Waals surface area contributed by atoms with Crippen molar-refractivity contribution in [3.63, 3.8) is 0 Å².